The highest BCUT2D eigenvalue weighted by Crippen LogP contribution is 2.21. The smallest absolute Gasteiger partial charge is 0.287 e. The second-order valence-corrected chi connectivity index (χ2v) is 7.80. The summed E-state index contributed by atoms with van der Waals surface area (Å²) in [7, 11) is 0. The van der Waals surface area contributed by atoms with Gasteiger partial charge in [-0.2, -0.15) is 0 Å². The van der Waals surface area contributed by atoms with Gasteiger partial charge in [-0.05, 0) is 35.0 Å². The van der Waals surface area contributed by atoms with Crippen LogP contribution in [-0.4, -0.2) is 32.3 Å². The van der Waals surface area contributed by atoms with Crippen LogP contribution in [0.1, 0.15) is 16.4 Å². The van der Waals surface area contributed by atoms with Crippen molar-refractivity contribution in [1.29, 1.82) is 0 Å². The van der Waals surface area contributed by atoms with E-state index in [9.17, 15) is 9.59 Å². The van der Waals surface area contributed by atoms with Gasteiger partial charge in [0.15, 0.2) is 16.7 Å². The van der Waals surface area contributed by atoms with E-state index in [2.05, 4.69) is 27.4 Å². The molecule has 8 nitrogen and oxygen atoms in total. The summed E-state index contributed by atoms with van der Waals surface area (Å²) in [5.41, 5.74) is 0.739. The summed E-state index contributed by atoms with van der Waals surface area (Å²) in [6, 6.07) is 17.0. The van der Waals surface area contributed by atoms with Crippen molar-refractivity contribution in [3.8, 4) is 0 Å². The highest BCUT2D eigenvalue weighted by molar-refractivity contribution is 7.99. The molecule has 0 fully saturated rings. The molecule has 0 aliphatic heterocycles. The number of nitrogens with zero attached hydrogens (tertiary/aromatic N) is 3. The van der Waals surface area contributed by atoms with Crippen molar-refractivity contribution in [3.05, 3.63) is 85.1 Å². The molecule has 4 aromatic rings. The van der Waals surface area contributed by atoms with Gasteiger partial charge in [0.25, 0.3) is 5.91 Å². The number of thioether (sulfide) groups is 1. The lowest BCUT2D eigenvalue weighted by Crippen LogP contribution is -2.24. The van der Waals surface area contributed by atoms with E-state index in [0.717, 1.165) is 16.5 Å². The molecule has 2 aromatic heterocycles. The number of rotatable bonds is 9. The largest absolute Gasteiger partial charge is 0.459 e. The van der Waals surface area contributed by atoms with Gasteiger partial charge in [0.05, 0.1) is 18.6 Å². The SMILES string of the molecule is C=CCn1c(CNC(=O)c2ccco2)nnc1SCC(=O)Nc1ccc2ccccc2c1. The number of nitrogens with one attached hydrogen (secondary N) is 2. The Bertz CT molecular complexity index is 1250. The van der Waals surface area contributed by atoms with Gasteiger partial charge in [-0.3, -0.25) is 9.59 Å². The molecule has 162 valence electrons. The summed E-state index contributed by atoms with van der Waals surface area (Å²) >= 11 is 1.27. The van der Waals surface area contributed by atoms with Crippen molar-refractivity contribution in [2.45, 2.75) is 18.2 Å². The molecule has 0 aliphatic rings. The molecule has 4 rings (SSSR count). The van der Waals surface area contributed by atoms with Gasteiger partial charge in [-0.25, -0.2) is 0 Å². The van der Waals surface area contributed by atoms with E-state index >= 15 is 0 Å². The van der Waals surface area contributed by atoms with E-state index in [4.69, 9.17) is 4.42 Å². The lowest BCUT2D eigenvalue weighted by Gasteiger charge is -2.09. The molecule has 0 saturated heterocycles. The molecule has 2 heterocycles. The van der Waals surface area contributed by atoms with Gasteiger partial charge in [0.1, 0.15) is 0 Å². The second kappa shape index (κ2) is 9.97. The minimum absolute atomic E-state index is 0.147. The van der Waals surface area contributed by atoms with Crippen molar-refractivity contribution < 1.29 is 14.0 Å². The fourth-order valence-corrected chi connectivity index (χ4v) is 3.88. The fourth-order valence-electron chi connectivity index (χ4n) is 3.12. The van der Waals surface area contributed by atoms with Gasteiger partial charge in [0, 0.05) is 12.2 Å². The minimum Gasteiger partial charge on any atom is -0.459 e. The van der Waals surface area contributed by atoms with E-state index in [1.807, 2.05) is 47.0 Å². The van der Waals surface area contributed by atoms with Crippen LogP contribution in [0.5, 0.6) is 0 Å². The third-order valence-corrected chi connectivity index (χ3v) is 5.59. The summed E-state index contributed by atoms with van der Waals surface area (Å²) in [4.78, 5) is 24.6. The zero-order valence-corrected chi connectivity index (χ0v) is 18.0. The first-order chi connectivity index (χ1) is 15.6. The molecule has 0 unspecified atom stereocenters. The van der Waals surface area contributed by atoms with Crippen molar-refractivity contribution in [1.82, 2.24) is 20.1 Å². The molecule has 2 amide bonds. The number of hydrogen-bond donors (Lipinski definition) is 2. The third-order valence-electron chi connectivity index (χ3n) is 4.62. The van der Waals surface area contributed by atoms with Crippen LogP contribution in [0.25, 0.3) is 10.8 Å². The topological polar surface area (TPSA) is 102 Å². The predicted octanol–water partition coefficient (Wildman–Crippen LogP) is 3.87. The number of carbonyl (C=O) groups excluding carboxylic acids is 2. The molecule has 0 radical (unpaired) electrons. The Morgan fingerprint density at radius 3 is 2.72 bits per heavy atom. The monoisotopic (exact) mass is 447 g/mol. The zero-order chi connectivity index (χ0) is 22.3. The van der Waals surface area contributed by atoms with E-state index in [1.165, 1.54) is 18.0 Å². The molecular weight excluding hydrogens is 426 g/mol. The van der Waals surface area contributed by atoms with Gasteiger partial charge >= 0.3 is 0 Å². The maximum atomic E-state index is 12.5. The Hall–Kier alpha value is -3.85. The Kier molecular flexibility index (Phi) is 6.66. The summed E-state index contributed by atoms with van der Waals surface area (Å²) in [6.07, 6.45) is 3.15. The molecule has 0 saturated carbocycles. The fraction of sp³-hybridized carbons (Fsp3) is 0.130. The predicted molar refractivity (Wildman–Crippen MR) is 123 cm³/mol. The molecule has 0 bridgehead atoms. The Morgan fingerprint density at radius 1 is 1.09 bits per heavy atom. The van der Waals surface area contributed by atoms with E-state index in [-0.39, 0.29) is 29.9 Å². The Morgan fingerprint density at radius 2 is 1.94 bits per heavy atom. The first-order valence-corrected chi connectivity index (χ1v) is 10.9. The number of carbonyl (C=O) groups is 2. The lowest BCUT2D eigenvalue weighted by molar-refractivity contribution is -0.113. The molecule has 0 aliphatic carbocycles. The molecule has 0 atom stereocenters. The van der Waals surface area contributed by atoms with Gasteiger partial charge < -0.3 is 19.6 Å². The Labute approximate surface area is 188 Å². The number of anilines is 1. The molecule has 2 N–H and O–H groups in total. The van der Waals surface area contributed by atoms with E-state index in [1.54, 1.807) is 18.2 Å². The maximum Gasteiger partial charge on any atom is 0.287 e. The number of benzene rings is 2. The van der Waals surface area contributed by atoms with E-state index < -0.39 is 0 Å². The third kappa shape index (κ3) is 5.06. The number of allylic oxidation sites excluding steroid dienone is 1. The van der Waals surface area contributed by atoms with Crippen LogP contribution in [0.4, 0.5) is 5.69 Å². The number of fused-ring (bicyclic) bond motifs is 1. The second-order valence-electron chi connectivity index (χ2n) is 6.86. The first kappa shape index (κ1) is 21.4. The van der Waals surface area contributed by atoms with Crippen molar-refractivity contribution in [3.63, 3.8) is 0 Å². The highest BCUT2D eigenvalue weighted by Gasteiger charge is 2.15. The first-order valence-electron chi connectivity index (χ1n) is 9.90. The average Bonchev–Trinajstić information content (AvgIpc) is 3.47. The minimum atomic E-state index is -0.341. The van der Waals surface area contributed by atoms with Crippen LogP contribution in [0.3, 0.4) is 0 Å². The normalized spacial score (nSPS) is 10.8. The van der Waals surface area contributed by atoms with Crippen LogP contribution < -0.4 is 10.6 Å². The van der Waals surface area contributed by atoms with Crippen LogP contribution >= 0.6 is 11.8 Å². The molecule has 0 spiro atoms. The van der Waals surface area contributed by atoms with Gasteiger partial charge in [0.2, 0.25) is 5.91 Å². The van der Waals surface area contributed by atoms with Crippen molar-refractivity contribution >= 4 is 40.0 Å². The summed E-state index contributed by atoms with van der Waals surface area (Å²) in [6.45, 7) is 4.39. The van der Waals surface area contributed by atoms with Crippen LogP contribution in [0, 0.1) is 0 Å². The van der Waals surface area contributed by atoms with Crippen LogP contribution in [-0.2, 0) is 17.9 Å². The zero-order valence-electron chi connectivity index (χ0n) is 17.2. The van der Waals surface area contributed by atoms with Crippen molar-refractivity contribution in [2.24, 2.45) is 0 Å². The van der Waals surface area contributed by atoms with Gasteiger partial charge in [-0.1, -0.05) is 48.2 Å². The quantitative estimate of drug-likeness (QED) is 0.298. The number of hydrogen-bond acceptors (Lipinski definition) is 6. The van der Waals surface area contributed by atoms with Crippen LogP contribution in [0.15, 0.2) is 83.1 Å². The maximum absolute atomic E-state index is 12.5. The standard InChI is InChI=1S/C23H21N5O3S/c1-2-11-28-20(14-24-22(30)19-8-5-12-31-19)26-27-23(28)32-15-21(29)25-18-10-9-16-6-3-4-7-17(16)13-18/h2-10,12-13H,1,11,14-15H2,(H,24,30)(H,25,29). The number of furan rings is 1. The number of aromatic nitrogens is 3. The van der Waals surface area contributed by atoms with E-state index in [0.29, 0.717) is 17.5 Å². The van der Waals surface area contributed by atoms with Gasteiger partial charge in [-0.15, -0.1) is 16.8 Å². The molecule has 2 aromatic carbocycles. The molecule has 32 heavy (non-hydrogen) atoms. The lowest BCUT2D eigenvalue weighted by atomic mass is 10.1. The highest BCUT2D eigenvalue weighted by atomic mass is 32.2. The summed E-state index contributed by atoms with van der Waals surface area (Å²) in [5.74, 6) is 0.459. The number of amides is 2. The molecular formula is C23H21N5O3S. The Balaban J connectivity index is 1.37. The van der Waals surface area contributed by atoms with Crippen molar-refractivity contribution in [2.75, 3.05) is 11.1 Å². The molecule has 9 heteroatoms. The summed E-state index contributed by atoms with van der Waals surface area (Å²) in [5, 5.41) is 16.7. The average molecular weight is 448 g/mol. The summed E-state index contributed by atoms with van der Waals surface area (Å²) < 4.78 is 6.89. The van der Waals surface area contributed by atoms with Crippen LogP contribution in [0.2, 0.25) is 0 Å².